The van der Waals surface area contributed by atoms with Gasteiger partial charge in [-0.3, -0.25) is 9.59 Å². The van der Waals surface area contributed by atoms with Crippen molar-refractivity contribution in [3.63, 3.8) is 0 Å². The van der Waals surface area contributed by atoms with Crippen LogP contribution in [-0.2, 0) is 19.1 Å². The van der Waals surface area contributed by atoms with Crippen LogP contribution in [0.2, 0.25) is 0 Å². The molecule has 0 bridgehead atoms. The summed E-state index contributed by atoms with van der Waals surface area (Å²) in [6, 6.07) is 6.22. The van der Waals surface area contributed by atoms with Crippen LogP contribution in [0.3, 0.4) is 0 Å². The first-order valence-corrected chi connectivity index (χ1v) is 7.07. The summed E-state index contributed by atoms with van der Waals surface area (Å²) in [7, 11) is 0. The molecule has 7 nitrogen and oxygen atoms in total. The summed E-state index contributed by atoms with van der Waals surface area (Å²) in [5.41, 5.74) is 0.582. The van der Waals surface area contributed by atoms with Gasteiger partial charge in [-0.2, -0.15) is 0 Å². The number of carbonyl (C=O) groups is 3. The van der Waals surface area contributed by atoms with E-state index in [1.54, 1.807) is 24.3 Å². The van der Waals surface area contributed by atoms with Crippen molar-refractivity contribution in [3.05, 3.63) is 24.3 Å². The zero-order valence-electron chi connectivity index (χ0n) is 12.3. The lowest BCUT2D eigenvalue weighted by Gasteiger charge is -2.10. The topological polar surface area (TPSA) is 93.7 Å². The smallest absolute Gasteiger partial charge is 0.329 e. The van der Waals surface area contributed by atoms with Gasteiger partial charge in [0.15, 0.2) is 6.61 Å². The standard InChI is InChI=1S/C15H18N2O5/c1-2-21-11-5-3-10(4-6-11)16-14(19)9-22-15(20)12-7-8-13(18)17-12/h3-6,12H,2,7-9H2,1H3,(H,16,19)(H,17,18)/t12-/m0/s1. The van der Waals surface area contributed by atoms with Crippen LogP contribution in [0.15, 0.2) is 24.3 Å². The minimum Gasteiger partial charge on any atom is -0.494 e. The molecule has 1 aliphatic rings. The zero-order valence-corrected chi connectivity index (χ0v) is 12.3. The number of amides is 2. The Labute approximate surface area is 128 Å². The first kappa shape index (κ1) is 15.8. The molecular formula is C15H18N2O5. The van der Waals surface area contributed by atoms with Crippen LogP contribution in [0, 0.1) is 0 Å². The van der Waals surface area contributed by atoms with E-state index in [9.17, 15) is 14.4 Å². The molecule has 1 aromatic carbocycles. The van der Waals surface area contributed by atoms with Gasteiger partial charge in [0.2, 0.25) is 5.91 Å². The van der Waals surface area contributed by atoms with Crippen molar-refractivity contribution in [3.8, 4) is 5.75 Å². The Morgan fingerprint density at radius 3 is 2.64 bits per heavy atom. The lowest BCUT2D eigenvalue weighted by molar-refractivity contribution is -0.149. The maximum absolute atomic E-state index is 11.7. The van der Waals surface area contributed by atoms with Gasteiger partial charge in [-0.05, 0) is 37.6 Å². The molecule has 0 saturated carbocycles. The van der Waals surface area contributed by atoms with Crippen molar-refractivity contribution in [2.75, 3.05) is 18.5 Å². The highest BCUT2D eigenvalue weighted by atomic mass is 16.5. The predicted octanol–water partition coefficient (Wildman–Crippen LogP) is 0.846. The van der Waals surface area contributed by atoms with Gasteiger partial charge in [0.05, 0.1) is 6.61 Å². The molecule has 22 heavy (non-hydrogen) atoms. The number of hydrogen-bond donors (Lipinski definition) is 2. The maximum atomic E-state index is 11.7. The summed E-state index contributed by atoms with van der Waals surface area (Å²) in [4.78, 5) is 34.3. The first-order chi connectivity index (χ1) is 10.6. The van der Waals surface area contributed by atoms with E-state index in [-0.39, 0.29) is 5.91 Å². The number of esters is 1. The van der Waals surface area contributed by atoms with Crippen molar-refractivity contribution < 1.29 is 23.9 Å². The van der Waals surface area contributed by atoms with Gasteiger partial charge < -0.3 is 20.1 Å². The third-order valence-corrected chi connectivity index (χ3v) is 3.07. The minimum atomic E-state index is -0.647. The van der Waals surface area contributed by atoms with Crippen molar-refractivity contribution in [2.24, 2.45) is 0 Å². The second-order valence-electron chi connectivity index (χ2n) is 4.77. The molecule has 118 valence electrons. The Hall–Kier alpha value is -2.57. The second kappa shape index (κ2) is 7.44. The molecule has 0 spiro atoms. The van der Waals surface area contributed by atoms with Crippen molar-refractivity contribution in [1.29, 1.82) is 0 Å². The Morgan fingerprint density at radius 2 is 2.05 bits per heavy atom. The van der Waals surface area contributed by atoms with Crippen molar-refractivity contribution >= 4 is 23.5 Å². The van der Waals surface area contributed by atoms with Gasteiger partial charge in [-0.15, -0.1) is 0 Å². The van der Waals surface area contributed by atoms with Crippen LogP contribution in [0.5, 0.6) is 5.75 Å². The van der Waals surface area contributed by atoms with E-state index in [4.69, 9.17) is 9.47 Å². The lowest BCUT2D eigenvalue weighted by atomic mass is 10.2. The van der Waals surface area contributed by atoms with E-state index in [1.165, 1.54) is 0 Å². The molecule has 1 aliphatic heterocycles. The predicted molar refractivity (Wildman–Crippen MR) is 78.4 cm³/mol. The van der Waals surface area contributed by atoms with Gasteiger partial charge in [-0.25, -0.2) is 4.79 Å². The Morgan fingerprint density at radius 1 is 1.32 bits per heavy atom. The van der Waals surface area contributed by atoms with Crippen LogP contribution in [-0.4, -0.2) is 37.0 Å². The van der Waals surface area contributed by atoms with E-state index in [0.717, 1.165) is 0 Å². The second-order valence-corrected chi connectivity index (χ2v) is 4.77. The summed E-state index contributed by atoms with van der Waals surface area (Å²) < 4.78 is 10.2. The van der Waals surface area contributed by atoms with Crippen LogP contribution in [0.25, 0.3) is 0 Å². The quantitative estimate of drug-likeness (QED) is 0.760. The van der Waals surface area contributed by atoms with Crippen LogP contribution < -0.4 is 15.4 Å². The molecular weight excluding hydrogens is 288 g/mol. The minimum absolute atomic E-state index is 0.180. The van der Waals surface area contributed by atoms with Crippen LogP contribution >= 0.6 is 0 Å². The highest BCUT2D eigenvalue weighted by Crippen LogP contribution is 2.15. The Kier molecular flexibility index (Phi) is 5.35. The van der Waals surface area contributed by atoms with Crippen molar-refractivity contribution in [1.82, 2.24) is 5.32 Å². The van der Waals surface area contributed by atoms with E-state index >= 15 is 0 Å². The molecule has 2 amide bonds. The monoisotopic (exact) mass is 306 g/mol. The number of benzene rings is 1. The van der Waals surface area contributed by atoms with Gasteiger partial charge in [0.25, 0.3) is 5.91 Å². The van der Waals surface area contributed by atoms with E-state index in [0.29, 0.717) is 30.9 Å². The van der Waals surface area contributed by atoms with E-state index in [1.807, 2.05) is 6.92 Å². The average Bonchev–Trinajstić information content (AvgIpc) is 2.94. The molecule has 2 N–H and O–H groups in total. The summed E-state index contributed by atoms with van der Waals surface area (Å²) in [5.74, 6) is -0.501. The molecule has 1 atom stereocenters. The number of hydrogen-bond acceptors (Lipinski definition) is 5. The fourth-order valence-corrected chi connectivity index (χ4v) is 2.03. The normalized spacial score (nSPS) is 16.8. The fraction of sp³-hybridized carbons (Fsp3) is 0.400. The molecule has 1 heterocycles. The summed E-state index contributed by atoms with van der Waals surface area (Å²) in [5, 5.41) is 5.09. The fourth-order valence-electron chi connectivity index (χ4n) is 2.03. The van der Waals surface area contributed by atoms with Gasteiger partial charge in [-0.1, -0.05) is 0 Å². The van der Waals surface area contributed by atoms with Crippen LogP contribution in [0.4, 0.5) is 5.69 Å². The maximum Gasteiger partial charge on any atom is 0.329 e. The largest absolute Gasteiger partial charge is 0.494 e. The third kappa shape index (κ3) is 4.47. The van der Waals surface area contributed by atoms with Gasteiger partial charge >= 0.3 is 5.97 Å². The molecule has 0 radical (unpaired) electrons. The number of rotatable bonds is 6. The molecule has 7 heteroatoms. The van der Waals surface area contributed by atoms with E-state index < -0.39 is 24.5 Å². The highest BCUT2D eigenvalue weighted by Gasteiger charge is 2.28. The molecule has 2 rings (SSSR count). The highest BCUT2D eigenvalue weighted by molar-refractivity contribution is 5.94. The molecule has 1 fully saturated rings. The number of anilines is 1. The van der Waals surface area contributed by atoms with Crippen molar-refractivity contribution in [2.45, 2.75) is 25.8 Å². The zero-order chi connectivity index (χ0) is 15.9. The summed E-state index contributed by atoms with van der Waals surface area (Å²) in [6.07, 6.45) is 0.705. The Bertz CT molecular complexity index is 556. The van der Waals surface area contributed by atoms with Gasteiger partial charge in [0.1, 0.15) is 11.8 Å². The van der Waals surface area contributed by atoms with E-state index in [2.05, 4.69) is 10.6 Å². The van der Waals surface area contributed by atoms with Gasteiger partial charge in [0, 0.05) is 12.1 Å². The molecule has 0 aromatic heterocycles. The average molecular weight is 306 g/mol. The number of carbonyl (C=O) groups excluding carboxylic acids is 3. The molecule has 0 unspecified atom stereocenters. The third-order valence-electron chi connectivity index (χ3n) is 3.07. The number of ether oxygens (including phenoxy) is 2. The molecule has 1 aromatic rings. The first-order valence-electron chi connectivity index (χ1n) is 7.07. The molecule has 0 aliphatic carbocycles. The lowest BCUT2D eigenvalue weighted by Crippen LogP contribution is -2.36. The summed E-state index contributed by atoms with van der Waals surface area (Å²) >= 11 is 0. The summed E-state index contributed by atoms with van der Waals surface area (Å²) in [6.45, 7) is 2.06. The number of nitrogens with one attached hydrogen (secondary N) is 2. The SMILES string of the molecule is CCOc1ccc(NC(=O)COC(=O)[C@@H]2CCC(=O)N2)cc1. The Balaban J connectivity index is 1.75. The van der Waals surface area contributed by atoms with Crippen LogP contribution in [0.1, 0.15) is 19.8 Å². The molecule has 1 saturated heterocycles.